The van der Waals surface area contributed by atoms with Gasteiger partial charge in [0.1, 0.15) is 0 Å². The Balaban J connectivity index is 1.68. The van der Waals surface area contributed by atoms with E-state index in [1.165, 1.54) is 6.20 Å². The van der Waals surface area contributed by atoms with Gasteiger partial charge < -0.3 is 20.6 Å². The number of carboxylic acid groups (broad SMARTS) is 1. The summed E-state index contributed by atoms with van der Waals surface area (Å²) < 4.78 is 15.2. The second-order valence-corrected chi connectivity index (χ2v) is 8.58. The second-order valence-electron chi connectivity index (χ2n) is 8.58. The Morgan fingerprint density at radius 1 is 1.36 bits per heavy atom. The van der Waals surface area contributed by atoms with E-state index >= 15 is 4.39 Å². The monoisotopic (exact) mass is 387 g/mol. The molecule has 1 aliphatic carbocycles. The van der Waals surface area contributed by atoms with E-state index in [1.54, 1.807) is 4.90 Å². The Kier molecular flexibility index (Phi) is 5.08. The maximum atomic E-state index is 15.2. The van der Waals surface area contributed by atoms with Crippen LogP contribution in [0.25, 0.3) is 0 Å². The zero-order valence-electron chi connectivity index (χ0n) is 16.7. The fourth-order valence-electron chi connectivity index (χ4n) is 4.89. The number of fused-ring (bicyclic) bond motifs is 1. The molecule has 0 amide bonds. The van der Waals surface area contributed by atoms with Crippen molar-refractivity contribution < 1.29 is 14.3 Å². The smallest absolute Gasteiger partial charge is 0.333 e. The number of rotatable bonds is 6. The number of carboxylic acids is 1. The van der Waals surface area contributed by atoms with Gasteiger partial charge in [0.15, 0.2) is 5.83 Å². The van der Waals surface area contributed by atoms with E-state index in [9.17, 15) is 9.90 Å². The van der Waals surface area contributed by atoms with Crippen molar-refractivity contribution in [2.45, 2.75) is 52.0 Å². The molecule has 0 radical (unpaired) electrons. The molecule has 0 aromatic heterocycles. The van der Waals surface area contributed by atoms with Crippen molar-refractivity contribution in [1.82, 2.24) is 9.80 Å². The third-order valence-corrected chi connectivity index (χ3v) is 6.50. The lowest BCUT2D eigenvalue weighted by Crippen LogP contribution is -2.35. The first-order chi connectivity index (χ1) is 13.4. The van der Waals surface area contributed by atoms with Crippen molar-refractivity contribution in [3.63, 3.8) is 0 Å². The molecule has 3 heterocycles. The molecule has 4 rings (SSSR count). The largest absolute Gasteiger partial charge is 0.478 e. The van der Waals surface area contributed by atoms with Crippen LogP contribution in [0.5, 0.6) is 0 Å². The van der Waals surface area contributed by atoms with Crippen LogP contribution >= 0.6 is 0 Å². The number of hydrogen-bond acceptors (Lipinski definition) is 4. The van der Waals surface area contributed by atoms with Crippen LogP contribution in [0, 0.1) is 11.8 Å². The fraction of sp³-hybridized carbons (Fsp3) is 0.591. The fourth-order valence-corrected chi connectivity index (χ4v) is 4.89. The van der Waals surface area contributed by atoms with Crippen LogP contribution in [-0.4, -0.2) is 46.6 Å². The standard InChI is InChI=1S/C22H30FN3O2/c1-3-4-19(24)15-7-8-25(10-15)21-13(2)20-17(14-5-6-14)9-16(22(27)28)11-26(20)12-18(21)23/h9,12,14-15,19H,3-8,10-11,24H2,1-2H3,(H,27,28)/t15-,19+/m1/s1. The van der Waals surface area contributed by atoms with Crippen molar-refractivity contribution in [2.24, 2.45) is 17.6 Å². The van der Waals surface area contributed by atoms with E-state index in [2.05, 4.69) is 11.8 Å². The van der Waals surface area contributed by atoms with Gasteiger partial charge in [0, 0.05) is 31.0 Å². The van der Waals surface area contributed by atoms with Crippen LogP contribution < -0.4 is 5.73 Å². The summed E-state index contributed by atoms with van der Waals surface area (Å²) in [5, 5.41) is 9.47. The number of carbonyl (C=O) groups is 1. The van der Waals surface area contributed by atoms with Gasteiger partial charge in [-0.1, -0.05) is 13.3 Å². The molecule has 3 aliphatic heterocycles. The minimum absolute atomic E-state index is 0.167. The molecule has 28 heavy (non-hydrogen) atoms. The lowest BCUT2D eigenvalue weighted by molar-refractivity contribution is -0.132. The Morgan fingerprint density at radius 2 is 2.11 bits per heavy atom. The van der Waals surface area contributed by atoms with Gasteiger partial charge in [-0.3, -0.25) is 0 Å². The highest BCUT2D eigenvalue weighted by atomic mass is 19.1. The van der Waals surface area contributed by atoms with Gasteiger partial charge >= 0.3 is 5.97 Å². The van der Waals surface area contributed by atoms with Crippen molar-refractivity contribution in [1.29, 1.82) is 0 Å². The maximum absolute atomic E-state index is 15.2. The number of likely N-dealkylation sites (tertiary alicyclic amines) is 1. The molecule has 0 spiro atoms. The molecule has 1 saturated heterocycles. The van der Waals surface area contributed by atoms with Gasteiger partial charge in [-0.2, -0.15) is 0 Å². The van der Waals surface area contributed by atoms with E-state index in [-0.39, 0.29) is 18.4 Å². The molecule has 2 atom stereocenters. The third kappa shape index (κ3) is 3.39. The van der Waals surface area contributed by atoms with Gasteiger partial charge in [-0.15, -0.1) is 0 Å². The molecule has 3 N–H and O–H groups in total. The number of nitrogens with zero attached hydrogens (tertiary/aromatic N) is 2. The number of nitrogens with two attached hydrogens (primary N) is 1. The Morgan fingerprint density at radius 3 is 2.75 bits per heavy atom. The number of allylic oxidation sites excluding steroid dienone is 4. The van der Waals surface area contributed by atoms with Gasteiger partial charge in [-0.25, -0.2) is 9.18 Å². The van der Waals surface area contributed by atoms with Crippen LogP contribution in [0.4, 0.5) is 4.39 Å². The number of halogens is 1. The highest BCUT2D eigenvalue weighted by Crippen LogP contribution is 2.46. The number of hydrogen-bond donors (Lipinski definition) is 2. The second kappa shape index (κ2) is 7.39. The van der Waals surface area contributed by atoms with Crippen LogP contribution in [-0.2, 0) is 4.79 Å². The van der Waals surface area contributed by atoms with E-state index in [0.717, 1.165) is 62.0 Å². The molecule has 6 heteroatoms. The molecular formula is C22H30FN3O2. The zero-order valence-corrected chi connectivity index (χ0v) is 16.7. The van der Waals surface area contributed by atoms with Gasteiger partial charge in [0.05, 0.1) is 17.8 Å². The highest BCUT2D eigenvalue weighted by Gasteiger charge is 2.38. The first-order valence-corrected chi connectivity index (χ1v) is 10.4. The summed E-state index contributed by atoms with van der Waals surface area (Å²) in [4.78, 5) is 15.5. The lowest BCUT2D eigenvalue weighted by Gasteiger charge is -2.37. The van der Waals surface area contributed by atoms with Crippen LogP contribution in [0.2, 0.25) is 0 Å². The topological polar surface area (TPSA) is 69.8 Å². The molecule has 2 fully saturated rings. The lowest BCUT2D eigenvalue weighted by atomic mass is 9.92. The minimum atomic E-state index is -0.925. The molecule has 0 unspecified atom stereocenters. The molecule has 152 valence electrons. The zero-order chi connectivity index (χ0) is 20.0. The summed E-state index contributed by atoms with van der Waals surface area (Å²) in [6.45, 7) is 5.94. The van der Waals surface area contributed by atoms with Gasteiger partial charge in [0.25, 0.3) is 0 Å². The summed E-state index contributed by atoms with van der Waals surface area (Å²) >= 11 is 0. The molecule has 5 nitrogen and oxygen atoms in total. The molecule has 0 aromatic rings. The summed E-state index contributed by atoms with van der Waals surface area (Å²) in [6.07, 6.45) is 8.53. The number of aliphatic carboxylic acids is 1. The first kappa shape index (κ1) is 19.2. The van der Waals surface area contributed by atoms with Crippen LogP contribution in [0.15, 0.2) is 46.2 Å². The third-order valence-electron chi connectivity index (χ3n) is 6.50. The Labute approximate surface area is 166 Å². The highest BCUT2D eigenvalue weighted by molar-refractivity contribution is 5.88. The summed E-state index contributed by atoms with van der Waals surface area (Å²) in [5.41, 5.74) is 10.3. The molecular weight excluding hydrogens is 357 g/mol. The summed E-state index contributed by atoms with van der Waals surface area (Å²) in [5.74, 6) is -0.409. The predicted octanol–water partition coefficient (Wildman–Crippen LogP) is 3.52. The van der Waals surface area contributed by atoms with Gasteiger partial charge in [0.2, 0.25) is 0 Å². The minimum Gasteiger partial charge on any atom is -0.478 e. The van der Waals surface area contributed by atoms with Crippen LogP contribution in [0.3, 0.4) is 0 Å². The van der Waals surface area contributed by atoms with E-state index in [1.807, 2.05) is 13.0 Å². The van der Waals surface area contributed by atoms with Crippen molar-refractivity contribution >= 4 is 5.97 Å². The first-order valence-electron chi connectivity index (χ1n) is 10.4. The summed E-state index contributed by atoms with van der Waals surface area (Å²) in [6, 6.07) is 0.167. The Bertz CT molecular complexity index is 807. The summed E-state index contributed by atoms with van der Waals surface area (Å²) in [7, 11) is 0. The molecule has 4 aliphatic rings. The van der Waals surface area contributed by atoms with Crippen molar-refractivity contribution in [2.75, 3.05) is 19.6 Å². The molecule has 1 saturated carbocycles. The van der Waals surface area contributed by atoms with E-state index in [0.29, 0.717) is 23.1 Å². The van der Waals surface area contributed by atoms with E-state index < -0.39 is 5.97 Å². The normalized spacial score (nSPS) is 26.4. The molecule has 0 aromatic carbocycles. The Hall–Kier alpha value is -2.08. The maximum Gasteiger partial charge on any atom is 0.333 e. The van der Waals surface area contributed by atoms with Gasteiger partial charge in [-0.05, 0) is 61.7 Å². The van der Waals surface area contributed by atoms with E-state index in [4.69, 9.17) is 5.73 Å². The van der Waals surface area contributed by atoms with Crippen molar-refractivity contribution in [3.05, 3.63) is 46.2 Å². The average Bonchev–Trinajstić information content (AvgIpc) is 3.38. The van der Waals surface area contributed by atoms with Crippen LogP contribution in [0.1, 0.15) is 46.0 Å². The SMILES string of the molecule is CCC[C@H](N)[C@@H]1CCN(C2=C(C)C3=C(C4CC4)C=C(C(=O)O)CN3C=C2F)C1. The quantitative estimate of drug-likeness (QED) is 0.730. The van der Waals surface area contributed by atoms with Crippen molar-refractivity contribution in [3.8, 4) is 0 Å². The molecule has 0 bridgehead atoms. The predicted molar refractivity (Wildman–Crippen MR) is 107 cm³/mol. The average molecular weight is 387 g/mol.